The van der Waals surface area contributed by atoms with Gasteiger partial charge in [-0.3, -0.25) is 9.69 Å². The number of benzene rings is 1. The summed E-state index contributed by atoms with van der Waals surface area (Å²) in [6.45, 7) is 2.77. The molecule has 0 spiro atoms. The van der Waals surface area contributed by atoms with Crippen molar-refractivity contribution in [2.45, 2.75) is 19.6 Å². The Morgan fingerprint density at radius 3 is 2.89 bits per heavy atom. The normalized spacial score (nSPS) is 13.1. The first-order valence-corrected chi connectivity index (χ1v) is 5.91. The van der Waals surface area contributed by atoms with Crippen molar-refractivity contribution in [2.75, 3.05) is 13.6 Å². The Kier molecular flexibility index (Phi) is 3.74. The number of nitrogens with one attached hydrogen (secondary N) is 1. The Bertz CT molecular complexity index is 592. The summed E-state index contributed by atoms with van der Waals surface area (Å²) in [6.07, 6.45) is -0.401. The minimum atomic E-state index is -0.401. The second-order valence-corrected chi connectivity index (χ2v) is 4.58. The maximum atomic E-state index is 11.8. The summed E-state index contributed by atoms with van der Waals surface area (Å²) in [4.78, 5) is 20.9. The van der Waals surface area contributed by atoms with Gasteiger partial charge in [0.15, 0.2) is 0 Å². The van der Waals surface area contributed by atoms with Crippen molar-refractivity contribution in [3.05, 3.63) is 40.4 Å². The van der Waals surface area contributed by atoms with E-state index in [-0.39, 0.29) is 5.56 Å². The molecular weight excluding hydrogens is 230 g/mol. The maximum Gasteiger partial charge on any atom is 0.258 e. The number of likely N-dealkylation sites (N-methyl/N-ethyl adjacent to an activating group) is 1. The molecule has 1 unspecified atom stereocenters. The van der Waals surface area contributed by atoms with E-state index >= 15 is 0 Å². The van der Waals surface area contributed by atoms with Crippen LogP contribution in [-0.2, 0) is 6.54 Å². The number of aromatic nitrogens is 2. The smallest absolute Gasteiger partial charge is 0.258 e. The van der Waals surface area contributed by atoms with Crippen LogP contribution in [0, 0.1) is 0 Å². The SMILES string of the molecule is CC(O)CN(C)Cc1nc2ccccc2c(=O)[nH]1. The van der Waals surface area contributed by atoms with Crippen LogP contribution in [0.25, 0.3) is 10.9 Å². The molecule has 5 nitrogen and oxygen atoms in total. The summed E-state index contributed by atoms with van der Waals surface area (Å²) < 4.78 is 0. The summed E-state index contributed by atoms with van der Waals surface area (Å²) in [7, 11) is 1.88. The number of rotatable bonds is 4. The summed E-state index contributed by atoms with van der Waals surface area (Å²) in [6, 6.07) is 7.25. The van der Waals surface area contributed by atoms with Gasteiger partial charge >= 0.3 is 0 Å². The van der Waals surface area contributed by atoms with Crippen molar-refractivity contribution < 1.29 is 5.11 Å². The lowest BCUT2D eigenvalue weighted by atomic mass is 10.2. The number of aliphatic hydroxyl groups excluding tert-OH is 1. The van der Waals surface area contributed by atoms with Crippen molar-refractivity contribution in [1.29, 1.82) is 0 Å². The lowest BCUT2D eigenvalue weighted by molar-refractivity contribution is 0.137. The lowest BCUT2D eigenvalue weighted by Crippen LogP contribution is -2.28. The molecule has 0 aliphatic heterocycles. The molecule has 0 saturated carbocycles. The molecule has 2 rings (SSSR count). The second kappa shape index (κ2) is 5.29. The molecule has 2 N–H and O–H groups in total. The summed E-state index contributed by atoms with van der Waals surface area (Å²) >= 11 is 0. The van der Waals surface area contributed by atoms with E-state index in [9.17, 15) is 9.90 Å². The predicted octanol–water partition coefficient (Wildman–Crippen LogP) is 0.736. The average Bonchev–Trinajstić information content (AvgIpc) is 2.27. The van der Waals surface area contributed by atoms with Gasteiger partial charge in [0.2, 0.25) is 0 Å². The Hall–Kier alpha value is -1.72. The molecule has 0 fully saturated rings. The molecule has 0 saturated heterocycles. The van der Waals surface area contributed by atoms with E-state index in [2.05, 4.69) is 9.97 Å². The molecule has 0 aliphatic carbocycles. The number of H-pyrrole nitrogens is 1. The summed E-state index contributed by atoms with van der Waals surface area (Å²) in [5.41, 5.74) is 0.572. The predicted molar refractivity (Wildman–Crippen MR) is 70.4 cm³/mol. The molecule has 96 valence electrons. The number of aliphatic hydroxyl groups is 1. The standard InChI is InChI=1S/C13H17N3O2/c1-9(17)7-16(2)8-12-14-11-6-4-3-5-10(11)13(18)15-12/h3-6,9,17H,7-8H2,1-2H3,(H,14,15,18). The quantitative estimate of drug-likeness (QED) is 0.836. The van der Waals surface area contributed by atoms with E-state index in [1.807, 2.05) is 30.1 Å². The van der Waals surface area contributed by atoms with Gasteiger partial charge in [0, 0.05) is 6.54 Å². The maximum absolute atomic E-state index is 11.8. The molecule has 0 amide bonds. The van der Waals surface area contributed by atoms with Gasteiger partial charge in [0.05, 0.1) is 23.6 Å². The highest BCUT2D eigenvalue weighted by atomic mass is 16.3. The first-order chi connectivity index (χ1) is 8.56. The monoisotopic (exact) mass is 247 g/mol. The summed E-state index contributed by atoms with van der Waals surface area (Å²) in [5.74, 6) is 0.613. The van der Waals surface area contributed by atoms with Crippen LogP contribution in [-0.4, -0.2) is 39.7 Å². The fraction of sp³-hybridized carbons (Fsp3) is 0.385. The Balaban J connectivity index is 2.27. The third-order valence-electron chi connectivity index (χ3n) is 2.66. The molecule has 0 radical (unpaired) electrons. The van der Waals surface area contributed by atoms with Gasteiger partial charge in [-0.1, -0.05) is 12.1 Å². The highest BCUT2D eigenvalue weighted by Crippen LogP contribution is 2.06. The first-order valence-electron chi connectivity index (χ1n) is 5.91. The molecule has 1 aromatic heterocycles. The third-order valence-corrected chi connectivity index (χ3v) is 2.66. The van der Waals surface area contributed by atoms with E-state index in [1.54, 1.807) is 13.0 Å². The number of nitrogens with zero attached hydrogens (tertiary/aromatic N) is 2. The Labute approximate surface area is 105 Å². The summed E-state index contributed by atoms with van der Waals surface area (Å²) in [5, 5.41) is 9.89. The van der Waals surface area contributed by atoms with Crippen molar-refractivity contribution in [2.24, 2.45) is 0 Å². The van der Waals surface area contributed by atoms with Crippen LogP contribution < -0.4 is 5.56 Å². The third kappa shape index (κ3) is 2.94. The highest BCUT2D eigenvalue weighted by Gasteiger charge is 2.07. The topological polar surface area (TPSA) is 69.2 Å². The van der Waals surface area contributed by atoms with E-state index in [0.717, 1.165) is 0 Å². The fourth-order valence-electron chi connectivity index (χ4n) is 1.98. The molecule has 5 heteroatoms. The van der Waals surface area contributed by atoms with E-state index < -0.39 is 6.10 Å². The molecular formula is C13H17N3O2. The van der Waals surface area contributed by atoms with Crippen molar-refractivity contribution in [3.8, 4) is 0 Å². The first kappa shape index (κ1) is 12.7. The van der Waals surface area contributed by atoms with Gasteiger partial charge in [-0.25, -0.2) is 4.98 Å². The highest BCUT2D eigenvalue weighted by molar-refractivity contribution is 5.77. The fourth-order valence-corrected chi connectivity index (χ4v) is 1.98. The zero-order valence-electron chi connectivity index (χ0n) is 10.6. The molecule has 1 heterocycles. The van der Waals surface area contributed by atoms with E-state index in [0.29, 0.717) is 29.8 Å². The van der Waals surface area contributed by atoms with Crippen molar-refractivity contribution >= 4 is 10.9 Å². The van der Waals surface area contributed by atoms with Gasteiger partial charge < -0.3 is 10.1 Å². The largest absolute Gasteiger partial charge is 0.392 e. The van der Waals surface area contributed by atoms with Gasteiger partial charge in [0.25, 0.3) is 5.56 Å². The van der Waals surface area contributed by atoms with Crippen LogP contribution in [0.4, 0.5) is 0 Å². The molecule has 1 aromatic carbocycles. The van der Waals surface area contributed by atoms with E-state index in [1.165, 1.54) is 0 Å². The van der Waals surface area contributed by atoms with Gasteiger partial charge in [-0.05, 0) is 26.1 Å². The molecule has 0 aliphatic rings. The number of hydrogen-bond acceptors (Lipinski definition) is 4. The van der Waals surface area contributed by atoms with Gasteiger partial charge in [-0.2, -0.15) is 0 Å². The van der Waals surface area contributed by atoms with Gasteiger partial charge in [0.1, 0.15) is 5.82 Å². The molecule has 18 heavy (non-hydrogen) atoms. The van der Waals surface area contributed by atoms with Crippen LogP contribution in [0.1, 0.15) is 12.7 Å². The van der Waals surface area contributed by atoms with Crippen LogP contribution in [0.3, 0.4) is 0 Å². The minimum Gasteiger partial charge on any atom is -0.392 e. The number of fused-ring (bicyclic) bond motifs is 1. The van der Waals surface area contributed by atoms with Crippen LogP contribution in [0.5, 0.6) is 0 Å². The van der Waals surface area contributed by atoms with Crippen molar-refractivity contribution in [1.82, 2.24) is 14.9 Å². The van der Waals surface area contributed by atoms with Crippen LogP contribution in [0.15, 0.2) is 29.1 Å². The number of para-hydroxylation sites is 1. The van der Waals surface area contributed by atoms with Crippen LogP contribution >= 0.6 is 0 Å². The zero-order valence-corrected chi connectivity index (χ0v) is 10.6. The Morgan fingerprint density at radius 2 is 2.17 bits per heavy atom. The zero-order chi connectivity index (χ0) is 13.1. The molecule has 2 aromatic rings. The molecule has 1 atom stereocenters. The Morgan fingerprint density at radius 1 is 1.44 bits per heavy atom. The number of aromatic amines is 1. The average molecular weight is 247 g/mol. The second-order valence-electron chi connectivity index (χ2n) is 4.58. The van der Waals surface area contributed by atoms with Gasteiger partial charge in [-0.15, -0.1) is 0 Å². The molecule has 0 bridgehead atoms. The lowest BCUT2D eigenvalue weighted by Gasteiger charge is -2.17. The van der Waals surface area contributed by atoms with E-state index in [4.69, 9.17) is 0 Å². The van der Waals surface area contributed by atoms with Crippen molar-refractivity contribution in [3.63, 3.8) is 0 Å². The minimum absolute atomic E-state index is 0.124. The van der Waals surface area contributed by atoms with Crippen LogP contribution in [0.2, 0.25) is 0 Å². The number of hydrogen-bond donors (Lipinski definition) is 2.